The van der Waals surface area contributed by atoms with E-state index in [4.69, 9.17) is 5.73 Å². The van der Waals surface area contributed by atoms with Crippen LogP contribution >= 0.6 is 11.8 Å². The Morgan fingerprint density at radius 1 is 1.41 bits per heavy atom. The SMILES string of the molecule is CCc1nc(N)cc(N(C)C(CC)CSC)n1. The van der Waals surface area contributed by atoms with Gasteiger partial charge >= 0.3 is 0 Å². The lowest BCUT2D eigenvalue weighted by Gasteiger charge is -2.28. The first-order valence-corrected chi connectivity index (χ1v) is 7.36. The van der Waals surface area contributed by atoms with Crippen molar-refractivity contribution in [3.8, 4) is 0 Å². The summed E-state index contributed by atoms with van der Waals surface area (Å²) >= 11 is 1.86. The van der Waals surface area contributed by atoms with E-state index >= 15 is 0 Å². The van der Waals surface area contributed by atoms with Crippen LogP contribution in [0.5, 0.6) is 0 Å². The van der Waals surface area contributed by atoms with Gasteiger partial charge in [-0.15, -0.1) is 0 Å². The van der Waals surface area contributed by atoms with Gasteiger partial charge in [0.15, 0.2) is 0 Å². The molecule has 1 aromatic rings. The predicted octanol–water partition coefficient (Wildman–Crippen LogP) is 2.20. The maximum Gasteiger partial charge on any atom is 0.134 e. The topological polar surface area (TPSA) is 55.0 Å². The van der Waals surface area contributed by atoms with Gasteiger partial charge in [0.25, 0.3) is 0 Å². The molecule has 1 rings (SSSR count). The lowest BCUT2D eigenvalue weighted by atomic mass is 10.2. The fraction of sp³-hybridized carbons (Fsp3) is 0.667. The van der Waals surface area contributed by atoms with Gasteiger partial charge in [-0.3, -0.25) is 0 Å². The molecule has 0 aliphatic carbocycles. The van der Waals surface area contributed by atoms with E-state index in [1.54, 1.807) is 0 Å². The van der Waals surface area contributed by atoms with Gasteiger partial charge in [-0.05, 0) is 12.7 Å². The molecule has 0 spiro atoms. The fourth-order valence-corrected chi connectivity index (χ4v) is 2.57. The maximum absolute atomic E-state index is 5.81. The Morgan fingerprint density at radius 3 is 2.65 bits per heavy atom. The number of nitrogens with two attached hydrogens (primary N) is 1. The minimum Gasteiger partial charge on any atom is -0.384 e. The van der Waals surface area contributed by atoms with Gasteiger partial charge in [-0.25, -0.2) is 9.97 Å². The molecule has 17 heavy (non-hydrogen) atoms. The molecule has 96 valence electrons. The van der Waals surface area contributed by atoms with Crippen LogP contribution in [0.25, 0.3) is 0 Å². The number of anilines is 2. The molecule has 0 aliphatic heterocycles. The molecule has 0 amide bonds. The van der Waals surface area contributed by atoms with E-state index in [2.05, 4.69) is 35.1 Å². The van der Waals surface area contributed by atoms with E-state index in [-0.39, 0.29) is 0 Å². The van der Waals surface area contributed by atoms with Gasteiger partial charge in [0.1, 0.15) is 17.5 Å². The van der Waals surface area contributed by atoms with E-state index in [0.717, 1.165) is 30.2 Å². The van der Waals surface area contributed by atoms with Crippen LogP contribution in [0.4, 0.5) is 11.6 Å². The first kappa shape index (κ1) is 14.1. The van der Waals surface area contributed by atoms with Crippen LogP contribution < -0.4 is 10.6 Å². The van der Waals surface area contributed by atoms with E-state index < -0.39 is 0 Å². The standard InChI is InChI=1S/C12H22N4S/c1-5-9(8-17-4)16(3)12-7-10(13)14-11(6-2)15-12/h7,9H,5-6,8H2,1-4H3,(H2,13,14,15). The van der Waals surface area contributed by atoms with Crippen LogP contribution in [0.1, 0.15) is 26.1 Å². The zero-order chi connectivity index (χ0) is 12.8. The summed E-state index contributed by atoms with van der Waals surface area (Å²) in [4.78, 5) is 10.9. The molecule has 0 fully saturated rings. The summed E-state index contributed by atoms with van der Waals surface area (Å²) in [7, 11) is 2.08. The Morgan fingerprint density at radius 2 is 2.12 bits per heavy atom. The number of nitrogens with zero attached hydrogens (tertiary/aromatic N) is 3. The molecular weight excluding hydrogens is 232 g/mol. The van der Waals surface area contributed by atoms with E-state index in [1.165, 1.54) is 0 Å². The molecule has 0 aromatic carbocycles. The monoisotopic (exact) mass is 254 g/mol. The van der Waals surface area contributed by atoms with Crippen LogP contribution in [0.15, 0.2) is 6.07 Å². The third-order valence-corrected chi connectivity index (χ3v) is 3.55. The Hall–Kier alpha value is -0.970. The summed E-state index contributed by atoms with van der Waals surface area (Å²) in [5.74, 6) is 3.39. The molecule has 1 atom stereocenters. The Balaban J connectivity index is 2.93. The highest BCUT2D eigenvalue weighted by molar-refractivity contribution is 7.98. The van der Waals surface area contributed by atoms with Crippen molar-refractivity contribution in [1.82, 2.24) is 9.97 Å². The van der Waals surface area contributed by atoms with Crippen molar-refractivity contribution in [1.29, 1.82) is 0 Å². The first-order valence-electron chi connectivity index (χ1n) is 5.97. The van der Waals surface area contributed by atoms with Crippen molar-refractivity contribution in [3.05, 3.63) is 11.9 Å². The molecule has 2 N–H and O–H groups in total. The fourth-order valence-electron chi connectivity index (χ4n) is 1.72. The van der Waals surface area contributed by atoms with Crippen molar-refractivity contribution in [3.63, 3.8) is 0 Å². The van der Waals surface area contributed by atoms with Crippen molar-refractivity contribution < 1.29 is 0 Å². The summed E-state index contributed by atoms with van der Waals surface area (Å²) in [6.45, 7) is 4.24. The highest BCUT2D eigenvalue weighted by Gasteiger charge is 2.15. The summed E-state index contributed by atoms with van der Waals surface area (Å²) in [5, 5.41) is 0. The van der Waals surface area contributed by atoms with Gasteiger partial charge in [-0.1, -0.05) is 13.8 Å². The molecule has 4 nitrogen and oxygen atoms in total. The molecule has 1 heterocycles. The molecule has 0 bridgehead atoms. The van der Waals surface area contributed by atoms with E-state index in [1.807, 2.05) is 24.8 Å². The van der Waals surface area contributed by atoms with E-state index in [9.17, 15) is 0 Å². The van der Waals surface area contributed by atoms with Gasteiger partial charge in [0.2, 0.25) is 0 Å². The summed E-state index contributed by atoms with van der Waals surface area (Å²) in [6.07, 6.45) is 4.04. The third-order valence-electron chi connectivity index (χ3n) is 2.83. The zero-order valence-electron chi connectivity index (χ0n) is 11.1. The minimum atomic E-state index is 0.490. The Bertz CT molecular complexity index is 356. The van der Waals surface area contributed by atoms with Gasteiger partial charge in [-0.2, -0.15) is 11.8 Å². The number of nitrogen functional groups attached to an aromatic ring is 1. The first-order chi connectivity index (χ1) is 8.12. The largest absolute Gasteiger partial charge is 0.384 e. The molecule has 1 unspecified atom stereocenters. The molecular formula is C12H22N4S. The smallest absolute Gasteiger partial charge is 0.134 e. The maximum atomic E-state index is 5.81. The second-order valence-corrected chi connectivity index (χ2v) is 4.96. The van der Waals surface area contributed by atoms with Crippen LogP contribution in [0.2, 0.25) is 0 Å². The summed E-state index contributed by atoms with van der Waals surface area (Å²) < 4.78 is 0. The van der Waals surface area contributed by atoms with Crippen molar-refractivity contribution >= 4 is 23.4 Å². The van der Waals surface area contributed by atoms with Crippen LogP contribution in [-0.4, -0.2) is 35.1 Å². The Labute approximate surface area is 108 Å². The second kappa shape index (κ2) is 6.69. The van der Waals surface area contributed by atoms with Gasteiger partial charge in [0.05, 0.1) is 0 Å². The van der Waals surface area contributed by atoms with E-state index in [0.29, 0.717) is 11.9 Å². The minimum absolute atomic E-state index is 0.490. The van der Waals surface area contributed by atoms with Crippen LogP contribution in [0, 0.1) is 0 Å². The highest BCUT2D eigenvalue weighted by atomic mass is 32.2. The zero-order valence-corrected chi connectivity index (χ0v) is 11.9. The molecule has 0 radical (unpaired) electrons. The van der Waals surface area contributed by atoms with Gasteiger partial charge in [0, 0.05) is 31.3 Å². The second-order valence-electron chi connectivity index (χ2n) is 4.05. The average molecular weight is 254 g/mol. The molecule has 0 saturated heterocycles. The number of rotatable bonds is 6. The molecule has 0 aliphatic rings. The van der Waals surface area contributed by atoms with Crippen molar-refractivity contribution in [2.75, 3.05) is 29.7 Å². The number of aromatic nitrogens is 2. The quantitative estimate of drug-likeness (QED) is 0.843. The van der Waals surface area contributed by atoms with Crippen molar-refractivity contribution in [2.24, 2.45) is 0 Å². The van der Waals surface area contributed by atoms with Crippen LogP contribution in [-0.2, 0) is 6.42 Å². The number of aryl methyl sites for hydroxylation is 1. The number of thioether (sulfide) groups is 1. The normalized spacial score (nSPS) is 12.5. The Kier molecular flexibility index (Phi) is 5.55. The van der Waals surface area contributed by atoms with Crippen molar-refractivity contribution in [2.45, 2.75) is 32.7 Å². The molecule has 0 saturated carbocycles. The predicted molar refractivity (Wildman–Crippen MR) is 76.7 cm³/mol. The third kappa shape index (κ3) is 3.77. The van der Waals surface area contributed by atoms with Crippen LogP contribution in [0.3, 0.4) is 0 Å². The summed E-state index contributed by atoms with van der Waals surface area (Å²) in [6, 6.07) is 2.34. The number of hydrogen-bond acceptors (Lipinski definition) is 5. The molecule has 5 heteroatoms. The van der Waals surface area contributed by atoms with Gasteiger partial charge < -0.3 is 10.6 Å². The molecule has 1 aromatic heterocycles. The lowest BCUT2D eigenvalue weighted by molar-refractivity contribution is 0.663. The average Bonchev–Trinajstić information content (AvgIpc) is 2.34. The summed E-state index contributed by atoms with van der Waals surface area (Å²) in [5.41, 5.74) is 5.81. The lowest BCUT2D eigenvalue weighted by Crippen LogP contribution is -2.34. The highest BCUT2D eigenvalue weighted by Crippen LogP contribution is 2.18. The number of hydrogen-bond donors (Lipinski definition) is 1.